The van der Waals surface area contributed by atoms with E-state index in [-0.39, 0.29) is 30.0 Å². The minimum absolute atomic E-state index is 0.0137. The minimum atomic E-state index is -0.726. The summed E-state index contributed by atoms with van der Waals surface area (Å²) in [4.78, 5) is 40.1. The molecule has 222 valence electrons. The zero-order chi connectivity index (χ0) is 30.4. The third-order valence-corrected chi connectivity index (χ3v) is 5.77. The van der Waals surface area contributed by atoms with Crippen LogP contribution in [0.5, 0.6) is 0 Å². The lowest BCUT2D eigenvalue weighted by Crippen LogP contribution is -2.46. The molecule has 0 unspecified atom stereocenters. The molecule has 9 nitrogen and oxygen atoms in total. The summed E-state index contributed by atoms with van der Waals surface area (Å²) in [6.45, 7) is 10.7. The number of ether oxygens (including phenoxy) is 2. The summed E-state index contributed by atoms with van der Waals surface area (Å²) in [5.74, 6) is -1.76. The standard InChI is InChI=1S/C30H38F2N4O5/c1-29(2,3)40-27(38)33-15-7-8-21(35-28(39)41-30(4,5)6)17-34-26(37)25-24(32)22-14-11-19(16-23(22)36-25)18-9-12-20(31)13-10-18/h9-14,16,21,36H,7-8,15,17H2,1-6H3,(H,33,38)(H,34,37)(H,35,39)/t21-/m0/s1. The van der Waals surface area contributed by atoms with Crippen molar-refractivity contribution < 1.29 is 32.6 Å². The third kappa shape index (κ3) is 9.77. The Kier molecular flexibility index (Phi) is 9.96. The van der Waals surface area contributed by atoms with Gasteiger partial charge in [0.25, 0.3) is 5.91 Å². The monoisotopic (exact) mass is 572 g/mol. The van der Waals surface area contributed by atoms with Crippen LogP contribution >= 0.6 is 0 Å². The molecule has 1 aromatic heterocycles. The molecule has 3 amide bonds. The lowest BCUT2D eigenvalue weighted by Gasteiger charge is -2.24. The Bertz CT molecular complexity index is 1370. The van der Waals surface area contributed by atoms with Crippen LogP contribution in [-0.4, -0.2) is 53.4 Å². The van der Waals surface area contributed by atoms with E-state index in [1.54, 1.807) is 71.9 Å². The van der Waals surface area contributed by atoms with Crippen molar-refractivity contribution in [2.45, 2.75) is 71.6 Å². The Balaban J connectivity index is 1.66. The first-order valence-corrected chi connectivity index (χ1v) is 13.4. The van der Waals surface area contributed by atoms with E-state index in [4.69, 9.17) is 9.47 Å². The molecule has 3 rings (SSSR count). The second kappa shape index (κ2) is 13.0. The Morgan fingerprint density at radius 2 is 1.46 bits per heavy atom. The fourth-order valence-corrected chi connectivity index (χ4v) is 4.00. The van der Waals surface area contributed by atoms with Gasteiger partial charge >= 0.3 is 12.2 Å². The van der Waals surface area contributed by atoms with Crippen LogP contribution in [-0.2, 0) is 9.47 Å². The predicted molar refractivity (Wildman–Crippen MR) is 153 cm³/mol. The first-order chi connectivity index (χ1) is 19.1. The summed E-state index contributed by atoms with van der Waals surface area (Å²) in [6, 6.07) is 10.3. The SMILES string of the molecule is CC(C)(C)OC(=O)NCCC[C@@H](CNC(=O)c1[nH]c2cc(-c3ccc(F)cc3)ccc2c1F)NC(=O)OC(C)(C)C. The zero-order valence-electron chi connectivity index (χ0n) is 24.2. The zero-order valence-corrected chi connectivity index (χ0v) is 24.2. The summed E-state index contributed by atoms with van der Waals surface area (Å²) >= 11 is 0. The molecule has 1 atom stereocenters. The highest BCUT2D eigenvalue weighted by molar-refractivity contribution is 5.99. The van der Waals surface area contributed by atoms with Crippen LogP contribution in [0.2, 0.25) is 0 Å². The highest BCUT2D eigenvalue weighted by atomic mass is 19.1. The van der Waals surface area contributed by atoms with E-state index in [1.807, 2.05) is 0 Å². The molecule has 3 aromatic rings. The lowest BCUT2D eigenvalue weighted by molar-refractivity contribution is 0.0487. The van der Waals surface area contributed by atoms with E-state index >= 15 is 4.39 Å². The van der Waals surface area contributed by atoms with Crippen molar-refractivity contribution in [3.05, 3.63) is 59.8 Å². The molecule has 0 aliphatic rings. The summed E-state index contributed by atoms with van der Waals surface area (Å²) in [5, 5.41) is 8.28. The first-order valence-electron chi connectivity index (χ1n) is 13.4. The Labute approximate surface area is 238 Å². The molecule has 0 bridgehead atoms. The Morgan fingerprint density at radius 3 is 2.10 bits per heavy atom. The topological polar surface area (TPSA) is 122 Å². The van der Waals surface area contributed by atoms with E-state index in [2.05, 4.69) is 20.9 Å². The fourth-order valence-electron chi connectivity index (χ4n) is 4.00. The molecule has 0 spiro atoms. The molecule has 2 aromatic carbocycles. The highest BCUT2D eigenvalue weighted by Crippen LogP contribution is 2.27. The van der Waals surface area contributed by atoms with Gasteiger partial charge in [-0.05, 0) is 89.8 Å². The van der Waals surface area contributed by atoms with Crippen LogP contribution in [0.4, 0.5) is 18.4 Å². The predicted octanol–water partition coefficient (Wildman–Crippen LogP) is 6.04. The van der Waals surface area contributed by atoms with Crippen LogP contribution < -0.4 is 16.0 Å². The quantitative estimate of drug-likeness (QED) is 0.233. The van der Waals surface area contributed by atoms with Gasteiger partial charge in [0, 0.05) is 30.0 Å². The molecular formula is C30H38F2N4O5. The van der Waals surface area contributed by atoms with Crippen LogP contribution in [0.3, 0.4) is 0 Å². The van der Waals surface area contributed by atoms with Gasteiger partial charge in [-0.3, -0.25) is 4.79 Å². The molecular weight excluding hydrogens is 534 g/mol. The van der Waals surface area contributed by atoms with Gasteiger partial charge in [0.2, 0.25) is 0 Å². The molecule has 4 N–H and O–H groups in total. The van der Waals surface area contributed by atoms with Crippen molar-refractivity contribution in [2.75, 3.05) is 13.1 Å². The second-order valence-electron chi connectivity index (χ2n) is 11.7. The van der Waals surface area contributed by atoms with Gasteiger partial charge in [-0.2, -0.15) is 0 Å². The van der Waals surface area contributed by atoms with E-state index in [9.17, 15) is 18.8 Å². The van der Waals surface area contributed by atoms with E-state index in [1.165, 1.54) is 12.1 Å². The summed E-state index contributed by atoms with van der Waals surface area (Å²) in [6.07, 6.45) is -0.380. The Morgan fingerprint density at radius 1 is 0.854 bits per heavy atom. The normalized spacial score (nSPS) is 12.5. The number of halogens is 2. The van der Waals surface area contributed by atoms with Crippen molar-refractivity contribution in [1.82, 2.24) is 20.9 Å². The number of fused-ring (bicyclic) bond motifs is 1. The number of hydrogen-bond donors (Lipinski definition) is 4. The van der Waals surface area contributed by atoms with E-state index < -0.39 is 41.2 Å². The minimum Gasteiger partial charge on any atom is -0.444 e. The maximum absolute atomic E-state index is 15.1. The average Bonchev–Trinajstić information content (AvgIpc) is 3.18. The van der Waals surface area contributed by atoms with Crippen molar-refractivity contribution in [1.29, 1.82) is 0 Å². The number of amides is 3. The number of carbonyl (C=O) groups is 3. The van der Waals surface area contributed by atoms with E-state index in [0.29, 0.717) is 18.4 Å². The second-order valence-corrected chi connectivity index (χ2v) is 11.7. The number of rotatable bonds is 9. The number of hydrogen-bond acceptors (Lipinski definition) is 5. The van der Waals surface area contributed by atoms with Crippen LogP contribution in [0.1, 0.15) is 64.9 Å². The van der Waals surface area contributed by atoms with Gasteiger partial charge in [-0.1, -0.05) is 18.2 Å². The lowest BCUT2D eigenvalue weighted by atomic mass is 10.0. The molecule has 0 fully saturated rings. The Hall–Kier alpha value is -4.15. The summed E-state index contributed by atoms with van der Waals surface area (Å²) in [5.41, 5.74) is 0.273. The summed E-state index contributed by atoms with van der Waals surface area (Å²) in [7, 11) is 0. The molecule has 0 aliphatic carbocycles. The van der Waals surface area contributed by atoms with E-state index in [0.717, 1.165) is 11.1 Å². The van der Waals surface area contributed by atoms with Gasteiger partial charge in [-0.25, -0.2) is 18.4 Å². The maximum Gasteiger partial charge on any atom is 0.407 e. The average molecular weight is 573 g/mol. The molecule has 11 heteroatoms. The number of alkyl carbamates (subject to hydrolysis) is 2. The van der Waals surface area contributed by atoms with Gasteiger partial charge in [-0.15, -0.1) is 0 Å². The van der Waals surface area contributed by atoms with Gasteiger partial charge in [0.1, 0.15) is 22.7 Å². The largest absolute Gasteiger partial charge is 0.444 e. The number of nitrogens with one attached hydrogen (secondary N) is 4. The van der Waals surface area contributed by atoms with Crippen molar-refractivity contribution in [2.24, 2.45) is 0 Å². The number of H-pyrrole nitrogens is 1. The van der Waals surface area contributed by atoms with Crippen LogP contribution in [0, 0.1) is 11.6 Å². The first kappa shape index (κ1) is 31.4. The molecule has 0 radical (unpaired) electrons. The number of aromatic amines is 1. The molecule has 41 heavy (non-hydrogen) atoms. The number of benzene rings is 2. The molecule has 1 heterocycles. The van der Waals surface area contributed by atoms with Gasteiger partial charge in [0.15, 0.2) is 5.82 Å². The molecule has 0 saturated carbocycles. The smallest absolute Gasteiger partial charge is 0.407 e. The van der Waals surface area contributed by atoms with Crippen LogP contribution in [0.15, 0.2) is 42.5 Å². The molecule has 0 saturated heterocycles. The highest BCUT2D eigenvalue weighted by Gasteiger charge is 2.23. The van der Waals surface area contributed by atoms with Crippen molar-refractivity contribution in [3.63, 3.8) is 0 Å². The number of aromatic nitrogens is 1. The summed E-state index contributed by atoms with van der Waals surface area (Å²) < 4.78 is 39.0. The molecule has 0 aliphatic heterocycles. The number of carbonyl (C=O) groups excluding carboxylic acids is 3. The van der Waals surface area contributed by atoms with Crippen molar-refractivity contribution in [3.8, 4) is 11.1 Å². The maximum atomic E-state index is 15.1. The van der Waals surface area contributed by atoms with Crippen molar-refractivity contribution >= 4 is 29.0 Å². The third-order valence-electron chi connectivity index (χ3n) is 5.77. The van der Waals surface area contributed by atoms with Crippen LogP contribution in [0.25, 0.3) is 22.0 Å². The van der Waals surface area contributed by atoms with Gasteiger partial charge < -0.3 is 30.4 Å². The van der Waals surface area contributed by atoms with Gasteiger partial charge in [0.05, 0.1) is 0 Å². The fraction of sp³-hybridized carbons (Fsp3) is 0.433.